The highest BCUT2D eigenvalue weighted by molar-refractivity contribution is 7.84. The number of benzene rings is 3. The molecule has 0 saturated heterocycles. The lowest BCUT2D eigenvalue weighted by Crippen LogP contribution is -1.90. The zero-order chi connectivity index (χ0) is 23.8. The minimum Gasteiger partial charge on any atom is -0.748 e. The van der Waals surface area contributed by atoms with Gasteiger partial charge in [-0.15, -0.1) is 0 Å². The molecule has 33 heavy (non-hydrogen) atoms. The van der Waals surface area contributed by atoms with Gasteiger partial charge in [0.1, 0.15) is 0 Å². The van der Waals surface area contributed by atoms with E-state index in [1.54, 1.807) is 0 Å². The number of pyridine rings is 2. The molecule has 0 saturated carbocycles. The lowest BCUT2D eigenvalue weighted by Gasteiger charge is -2.11. The highest BCUT2D eigenvalue weighted by Crippen LogP contribution is 2.34. The first-order chi connectivity index (χ1) is 15.9. The highest BCUT2D eigenvalue weighted by Gasteiger charge is 2.11. The molecule has 5 nitrogen and oxygen atoms in total. The summed E-state index contributed by atoms with van der Waals surface area (Å²) in [6, 6.07) is 29.3. The average Bonchev–Trinajstić information content (AvgIpc) is 2.84. The Balaban J connectivity index is 0.000000390. The van der Waals surface area contributed by atoms with Crippen LogP contribution in [0.15, 0.2) is 97.3 Å². The van der Waals surface area contributed by atoms with Gasteiger partial charge in [0.25, 0.3) is 0 Å². The molecule has 168 valence electrons. The fourth-order valence-electron chi connectivity index (χ4n) is 3.57. The molecule has 3 aromatic carbocycles. The number of hydrogen-bond acceptors (Lipinski definition) is 5. The van der Waals surface area contributed by atoms with Crippen LogP contribution in [0.1, 0.15) is 13.8 Å². The van der Waals surface area contributed by atoms with E-state index in [1.807, 2.05) is 38.4 Å². The number of nitrogens with zero attached hydrogens (tertiary/aromatic N) is 2. The third-order valence-electron chi connectivity index (χ3n) is 4.79. The van der Waals surface area contributed by atoms with Gasteiger partial charge in [0.2, 0.25) is 0 Å². The second kappa shape index (κ2) is 10.8. The van der Waals surface area contributed by atoms with Gasteiger partial charge >= 0.3 is 0 Å². The SMILES string of the molecule is CC.CS(=O)(=O)[O-].c1ccc(-c2ccnc3c2ccc2c(-c4ccccc4)ccnc23)cc1. The van der Waals surface area contributed by atoms with E-state index in [0.29, 0.717) is 6.26 Å². The maximum absolute atomic E-state index is 9.08. The van der Waals surface area contributed by atoms with Crippen LogP contribution in [0.5, 0.6) is 0 Å². The maximum Gasteiger partial charge on any atom is 0.0970 e. The Hall–Kier alpha value is -3.61. The molecule has 0 unspecified atom stereocenters. The quantitative estimate of drug-likeness (QED) is 0.229. The lowest BCUT2D eigenvalue weighted by molar-refractivity contribution is 0.470. The summed E-state index contributed by atoms with van der Waals surface area (Å²) in [5.41, 5.74) is 6.65. The highest BCUT2D eigenvalue weighted by atomic mass is 32.2. The van der Waals surface area contributed by atoms with Crippen molar-refractivity contribution in [3.05, 3.63) is 97.3 Å². The Morgan fingerprint density at radius 3 is 1.27 bits per heavy atom. The maximum atomic E-state index is 9.08. The third-order valence-corrected chi connectivity index (χ3v) is 4.79. The van der Waals surface area contributed by atoms with Crippen LogP contribution in [0.4, 0.5) is 0 Å². The van der Waals surface area contributed by atoms with Crippen LogP contribution in [0.2, 0.25) is 0 Å². The molecule has 5 aromatic rings. The van der Waals surface area contributed by atoms with Gasteiger partial charge in [0, 0.05) is 29.4 Å². The Kier molecular flexibility index (Phi) is 7.87. The van der Waals surface area contributed by atoms with Crippen LogP contribution in [-0.2, 0) is 10.1 Å². The number of rotatable bonds is 2. The van der Waals surface area contributed by atoms with Crippen LogP contribution < -0.4 is 0 Å². The summed E-state index contributed by atoms with van der Waals surface area (Å²) in [7, 11) is -3.92. The summed E-state index contributed by atoms with van der Waals surface area (Å²) in [5.74, 6) is 0. The van der Waals surface area contributed by atoms with Gasteiger partial charge in [-0.25, -0.2) is 8.42 Å². The van der Waals surface area contributed by atoms with Crippen LogP contribution in [0.3, 0.4) is 0 Å². The van der Waals surface area contributed by atoms with Gasteiger partial charge in [-0.2, -0.15) is 0 Å². The first kappa shape index (κ1) is 24.0. The predicted molar refractivity (Wildman–Crippen MR) is 135 cm³/mol. The number of hydrogen-bond donors (Lipinski definition) is 0. The van der Waals surface area contributed by atoms with Crippen molar-refractivity contribution in [2.75, 3.05) is 6.26 Å². The van der Waals surface area contributed by atoms with Gasteiger partial charge < -0.3 is 4.55 Å². The van der Waals surface area contributed by atoms with Crippen molar-refractivity contribution in [3.8, 4) is 22.3 Å². The van der Waals surface area contributed by atoms with E-state index in [9.17, 15) is 0 Å². The topological polar surface area (TPSA) is 83.0 Å². The largest absolute Gasteiger partial charge is 0.748 e. The molecule has 0 amide bonds. The molecule has 5 rings (SSSR count). The van der Waals surface area contributed by atoms with Gasteiger partial charge in [0.15, 0.2) is 0 Å². The molecule has 0 atom stereocenters. The summed E-state index contributed by atoms with van der Waals surface area (Å²) in [5, 5.41) is 2.26. The molecule has 0 fully saturated rings. The van der Waals surface area contributed by atoms with Crippen LogP contribution in [0, 0.1) is 0 Å². The van der Waals surface area contributed by atoms with Crippen molar-refractivity contribution in [1.29, 1.82) is 0 Å². The summed E-state index contributed by atoms with van der Waals surface area (Å²) < 4.78 is 27.2. The van der Waals surface area contributed by atoms with E-state index >= 15 is 0 Å². The predicted octanol–water partition coefficient (Wildman–Crippen LogP) is 6.30. The molecule has 0 aliphatic rings. The van der Waals surface area contributed by atoms with E-state index in [2.05, 4.69) is 82.8 Å². The minimum absolute atomic E-state index is 0.604. The molecular weight excluding hydrogens is 432 g/mol. The second-order valence-electron chi connectivity index (χ2n) is 7.01. The second-order valence-corrected chi connectivity index (χ2v) is 8.42. The summed E-state index contributed by atoms with van der Waals surface area (Å²) in [6.07, 6.45) is 4.36. The number of fused-ring (bicyclic) bond motifs is 3. The molecule has 2 heterocycles. The smallest absolute Gasteiger partial charge is 0.0970 e. The van der Waals surface area contributed by atoms with Crippen LogP contribution >= 0.6 is 0 Å². The first-order valence-electron chi connectivity index (χ1n) is 10.6. The fraction of sp³-hybridized carbons (Fsp3) is 0.111. The lowest BCUT2D eigenvalue weighted by atomic mass is 9.97. The zero-order valence-electron chi connectivity index (χ0n) is 18.8. The first-order valence-corrected chi connectivity index (χ1v) is 12.4. The van der Waals surface area contributed by atoms with Gasteiger partial charge in [-0.05, 0) is 34.4 Å². The molecule has 0 N–H and O–H groups in total. The van der Waals surface area contributed by atoms with Gasteiger partial charge in [0.05, 0.1) is 21.2 Å². The van der Waals surface area contributed by atoms with Crippen LogP contribution in [-0.4, -0.2) is 29.2 Å². The summed E-state index contributed by atoms with van der Waals surface area (Å²) in [6.45, 7) is 4.00. The van der Waals surface area contributed by atoms with E-state index in [4.69, 9.17) is 13.0 Å². The molecule has 0 radical (unpaired) electrons. The Labute approximate surface area is 194 Å². The molecular formula is C27H25N2O3S-. The van der Waals surface area contributed by atoms with E-state index < -0.39 is 10.1 Å². The standard InChI is InChI=1S/C24H16N2.C2H6.CH4O3S/c1-3-7-17(8-4-1)19-13-15-25-23-21(19)11-12-22-20(14-16-26-24(22)23)18-9-5-2-6-10-18;1-2;1-5(2,3)4/h1-16H;1-2H3;1H3,(H,2,3,4)/p-1. The van der Waals surface area contributed by atoms with Crippen molar-refractivity contribution in [2.24, 2.45) is 0 Å². The van der Waals surface area contributed by atoms with E-state index in [0.717, 1.165) is 21.8 Å². The van der Waals surface area contributed by atoms with Crippen molar-refractivity contribution in [1.82, 2.24) is 9.97 Å². The molecule has 2 aromatic heterocycles. The monoisotopic (exact) mass is 457 g/mol. The fourth-order valence-corrected chi connectivity index (χ4v) is 3.57. The Morgan fingerprint density at radius 2 is 0.939 bits per heavy atom. The molecule has 0 aliphatic heterocycles. The summed E-state index contributed by atoms with van der Waals surface area (Å²) >= 11 is 0. The van der Waals surface area contributed by atoms with Crippen LogP contribution in [0.25, 0.3) is 44.1 Å². The Morgan fingerprint density at radius 1 is 0.606 bits per heavy atom. The molecule has 0 spiro atoms. The van der Waals surface area contributed by atoms with Crippen molar-refractivity contribution in [3.63, 3.8) is 0 Å². The van der Waals surface area contributed by atoms with Crippen molar-refractivity contribution >= 4 is 31.9 Å². The van der Waals surface area contributed by atoms with Gasteiger partial charge in [-0.3, -0.25) is 9.97 Å². The minimum atomic E-state index is -3.92. The van der Waals surface area contributed by atoms with E-state index in [-0.39, 0.29) is 0 Å². The number of aromatic nitrogens is 2. The zero-order valence-corrected chi connectivity index (χ0v) is 19.6. The molecule has 0 aliphatic carbocycles. The van der Waals surface area contributed by atoms with E-state index in [1.165, 1.54) is 22.3 Å². The summed E-state index contributed by atoms with van der Waals surface area (Å²) in [4.78, 5) is 9.34. The third kappa shape index (κ3) is 6.00. The van der Waals surface area contributed by atoms with Crippen molar-refractivity contribution in [2.45, 2.75) is 13.8 Å². The molecule has 6 heteroatoms. The van der Waals surface area contributed by atoms with Crippen molar-refractivity contribution < 1.29 is 13.0 Å². The Bertz CT molecular complexity index is 1350. The average molecular weight is 458 g/mol. The normalized spacial score (nSPS) is 10.7. The van der Waals surface area contributed by atoms with Gasteiger partial charge in [-0.1, -0.05) is 86.6 Å². The molecule has 0 bridgehead atoms.